The van der Waals surface area contributed by atoms with E-state index in [2.05, 4.69) is 32.9 Å². The lowest BCUT2D eigenvalue weighted by atomic mass is 10.0. The average molecular weight is 765 g/mol. The molecule has 12 heteroatoms. The van der Waals surface area contributed by atoms with Gasteiger partial charge in [0.15, 0.2) is 5.78 Å². The van der Waals surface area contributed by atoms with Crippen LogP contribution >= 0.6 is 0 Å². The fourth-order valence-electron chi connectivity index (χ4n) is 4.87. The fourth-order valence-corrected chi connectivity index (χ4v) is 4.87. The van der Waals surface area contributed by atoms with Crippen LogP contribution in [0.15, 0.2) is 12.2 Å². The highest BCUT2D eigenvalue weighted by atomic mass is 16.4. The van der Waals surface area contributed by atoms with Gasteiger partial charge in [0.2, 0.25) is 0 Å². The molecule has 0 aromatic rings. The number of hydrogen-bond donors (Lipinski definition) is 8. The van der Waals surface area contributed by atoms with Gasteiger partial charge in [-0.1, -0.05) is 136 Å². The van der Waals surface area contributed by atoms with Gasteiger partial charge in [-0.3, -0.25) is 19.2 Å². The van der Waals surface area contributed by atoms with Crippen molar-refractivity contribution in [1.82, 2.24) is 0 Å². The number of ketones is 1. The number of allylic oxidation sites excluding steroid dienone is 2. The molecule has 0 aromatic heterocycles. The summed E-state index contributed by atoms with van der Waals surface area (Å²) in [6, 6.07) is 0. The number of aliphatic hydroxyl groups excluding tert-OH is 5. The number of unbranched alkanes of at least 4 members (excludes halogenated alkanes) is 19. The van der Waals surface area contributed by atoms with E-state index in [1.54, 1.807) is 0 Å². The van der Waals surface area contributed by atoms with Gasteiger partial charge in [-0.25, -0.2) is 0 Å². The standard InChI is InChI=1S/C18H34O2.2C8H16O2.C7H14O6/c1-2-3-4-5-6-7-8-9-10-11-12-13-14-15-16-17-18(19)20;2*1-2-3-4-5-6-7-8(9)10;1-3(9)5(11)7(13)6(12)4(10)2-8/h9-10H,2-8,11-17H2,1H3,(H,19,20);2*2-7H2,1H3,(H,9,10);4-8,10-13H,2H2,1H3/b10-9-;;;/t;;;4-,5+,6-,7-/m...1/s1. The lowest BCUT2D eigenvalue weighted by Gasteiger charge is -2.23. The molecule has 0 saturated carbocycles. The molecule has 0 radical (unpaired) electrons. The number of hydrogen-bond acceptors (Lipinski definition) is 9. The second kappa shape index (κ2) is 45.8. The predicted octanol–water partition coefficient (Wildman–Crippen LogP) is 7.98. The number of carboxylic acid groups (broad SMARTS) is 3. The third-order valence-corrected chi connectivity index (χ3v) is 8.31. The summed E-state index contributed by atoms with van der Waals surface area (Å²) in [5.74, 6) is -2.73. The van der Waals surface area contributed by atoms with E-state index >= 15 is 0 Å². The van der Waals surface area contributed by atoms with Gasteiger partial charge in [0.25, 0.3) is 0 Å². The first-order valence-electron chi connectivity index (χ1n) is 20.4. The summed E-state index contributed by atoms with van der Waals surface area (Å²) >= 11 is 0. The quantitative estimate of drug-likeness (QED) is 0.0241. The van der Waals surface area contributed by atoms with Gasteiger partial charge in [-0.15, -0.1) is 0 Å². The highest BCUT2D eigenvalue weighted by Crippen LogP contribution is 2.10. The molecule has 0 amide bonds. The minimum absolute atomic E-state index is 0.332. The minimum Gasteiger partial charge on any atom is -0.481 e. The second-order valence-corrected chi connectivity index (χ2v) is 13.6. The van der Waals surface area contributed by atoms with Crippen molar-refractivity contribution in [3.63, 3.8) is 0 Å². The van der Waals surface area contributed by atoms with Crippen LogP contribution in [0.2, 0.25) is 0 Å². The highest BCUT2D eigenvalue weighted by Gasteiger charge is 2.32. The van der Waals surface area contributed by atoms with Crippen LogP contribution in [0.25, 0.3) is 0 Å². The summed E-state index contributed by atoms with van der Waals surface area (Å²) in [6.07, 6.45) is 26.1. The lowest BCUT2D eigenvalue weighted by Crippen LogP contribution is -2.48. The van der Waals surface area contributed by atoms with Crippen LogP contribution in [0, 0.1) is 0 Å². The van der Waals surface area contributed by atoms with Gasteiger partial charge in [0, 0.05) is 19.3 Å². The zero-order chi connectivity index (χ0) is 41.1. The zero-order valence-electron chi connectivity index (χ0n) is 33.8. The number of carbonyl (C=O) groups is 4. The molecule has 0 heterocycles. The smallest absolute Gasteiger partial charge is 0.303 e. The predicted molar refractivity (Wildman–Crippen MR) is 211 cm³/mol. The highest BCUT2D eigenvalue weighted by molar-refractivity contribution is 5.80. The Balaban J connectivity index is -0.000000317. The number of aliphatic carboxylic acids is 3. The Bertz CT molecular complexity index is 825. The fraction of sp³-hybridized carbons (Fsp3) is 0.854. The van der Waals surface area contributed by atoms with Crippen molar-refractivity contribution in [1.29, 1.82) is 0 Å². The van der Waals surface area contributed by atoms with Crippen molar-refractivity contribution >= 4 is 23.7 Å². The molecule has 316 valence electrons. The molecule has 0 unspecified atom stereocenters. The number of aliphatic hydroxyl groups is 5. The van der Waals surface area contributed by atoms with Crippen molar-refractivity contribution in [3.8, 4) is 0 Å². The summed E-state index contributed by atoms with van der Waals surface area (Å²) in [7, 11) is 0. The first-order chi connectivity index (χ1) is 25.2. The van der Waals surface area contributed by atoms with E-state index in [0.29, 0.717) is 19.3 Å². The van der Waals surface area contributed by atoms with Crippen LogP contribution in [0.5, 0.6) is 0 Å². The topological polar surface area (TPSA) is 230 Å². The molecule has 4 atom stereocenters. The molecule has 0 fully saturated rings. The molecule has 12 nitrogen and oxygen atoms in total. The van der Waals surface area contributed by atoms with E-state index in [4.69, 9.17) is 40.9 Å². The van der Waals surface area contributed by atoms with Crippen molar-refractivity contribution in [2.24, 2.45) is 0 Å². The van der Waals surface area contributed by atoms with Crippen molar-refractivity contribution < 1.29 is 60.0 Å². The van der Waals surface area contributed by atoms with Crippen LogP contribution in [-0.4, -0.2) is 95.6 Å². The Morgan fingerprint density at radius 1 is 0.453 bits per heavy atom. The van der Waals surface area contributed by atoms with E-state index in [1.807, 2.05) is 0 Å². The Hall–Kier alpha value is -2.38. The molecule has 0 aliphatic carbocycles. The third-order valence-electron chi connectivity index (χ3n) is 8.31. The Kier molecular flexibility index (Phi) is 49.5. The van der Waals surface area contributed by atoms with Gasteiger partial charge in [0.1, 0.15) is 24.4 Å². The Morgan fingerprint density at radius 3 is 1.00 bits per heavy atom. The molecule has 0 spiro atoms. The Morgan fingerprint density at radius 2 is 0.736 bits per heavy atom. The Labute approximate surface area is 321 Å². The van der Waals surface area contributed by atoms with Crippen LogP contribution < -0.4 is 0 Å². The first kappa shape index (κ1) is 57.3. The van der Waals surface area contributed by atoms with E-state index in [9.17, 15) is 19.2 Å². The molecule has 0 aromatic carbocycles. The lowest BCUT2D eigenvalue weighted by molar-refractivity contribution is -0.145. The largest absolute Gasteiger partial charge is 0.481 e. The van der Waals surface area contributed by atoms with Crippen LogP contribution in [0.1, 0.15) is 195 Å². The number of rotatable bonds is 32. The summed E-state index contributed by atoms with van der Waals surface area (Å²) < 4.78 is 0. The van der Waals surface area contributed by atoms with Gasteiger partial charge < -0.3 is 40.9 Å². The summed E-state index contributed by atoms with van der Waals surface area (Å²) in [5, 5.41) is 69.3. The SMILES string of the molecule is CC(=O)[C@H](O)[C@@H](O)[C@H](O)[C@H](O)CO.CCCCCCCC(=O)O.CCCCCCCC(=O)O.CCCCCCCC/C=C\CCCCCCCC(=O)O. The van der Waals surface area contributed by atoms with E-state index < -0.39 is 54.7 Å². The molecular weight excluding hydrogens is 684 g/mol. The number of carboxylic acids is 3. The maximum absolute atomic E-state index is 10.5. The molecule has 0 bridgehead atoms. The summed E-state index contributed by atoms with van der Waals surface area (Å²) in [5.41, 5.74) is 0. The van der Waals surface area contributed by atoms with Crippen LogP contribution in [0.3, 0.4) is 0 Å². The minimum atomic E-state index is -1.79. The van der Waals surface area contributed by atoms with Crippen LogP contribution in [-0.2, 0) is 19.2 Å². The number of carbonyl (C=O) groups excluding carboxylic acids is 1. The van der Waals surface area contributed by atoms with Gasteiger partial charge in [-0.2, -0.15) is 0 Å². The van der Waals surface area contributed by atoms with Gasteiger partial charge in [0.05, 0.1) is 6.61 Å². The number of Topliss-reactive ketones (excluding diaryl/α,β-unsaturated/α-hetero) is 1. The van der Waals surface area contributed by atoms with Gasteiger partial charge >= 0.3 is 17.9 Å². The maximum atomic E-state index is 10.5. The normalized spacial score (nSPS) is 12.9. The molecule has 53 heavy (non-hydrogen) atoms. The van der Waals surface area contributed by atoms with Crippen molar-refractivity contribution in [2.75, 3.05) is 6.61 Å². The molecule has 0 rings (SSSR count). The molecular formula is C41H80O12. The first-order valence-corrected chi connectivity index (χ1v) is 20.4. The average Bonchev–Trinajstić information content (AvgIpc) is 3.12. The molecule has 0 aliphatic rings. The third kappa shape index (κ3) is 51.8. The van der Waals surface area contributed by atoms with E-state index in [1.165, 1.54) is 109 Å². The van der Waals surface area contributed by atoms with Crippen molar-refractivity contribution in [3.05, 3.63) is 12.2 Å². The van der Waals surface area contributed by atoms with Crippen molar-refractivity contribution in [2.45, 2.75) is 219 Å². The molecule has 0 aliphatic heterocycles. The summed E-state index contributed by atoms with van der Waals surface area (Å²) in [4.78, 5) is 40.9. The van der Waals surface area contributed by atoms with Gasteiger partial charge in [-0.05, 0) is 51.9 Å². The zero-order valence-corrected chi connectivity index (χ0v) is 33.8. The second-order valence-electron chi connectivity index (χ2n) is 13.6. The van der Waals surface area contributed by atoms with E-state index in [-0.39, 0.29) is 0 Å². The molecule has 0 saturated heterocycles. The van der Waals surface area contributed by atoms with Crippen LogP contribution in [0.4, 0.5) is 0 Å². The maximum Gasteiger partial charge on any atom is 0.303 e. The van der Waals surface area contributed by atoms with E-state index in [0.717, 1.165) is 45.4 Å². The summed E-state index contributed by atoms with van der Waals surface area (Å²) in [6.45, 7) is 6.83. The molecule has 8 N–H and O–H groups in total. The monoisotopic (exact) mass is 765 g/mol.